The van der Waals surface area contributed by atoms with Crippen LogP contribution in [0.1, 0.15) is 105 Å². The molecule has 0 aliphatic heterocycles. The van der Waals surface area contributed by atoms with E-state index in [-0.39, 0.29) is 0 Å². The van der Waals surface area contributed by atoms with Crippen molar-refractivity contribution in [2.45, 2.75) is 111 Å². The Balaban J connectivity index is 3.51. The fraction of sp³-hybridized carbons (Fsp3) is 1.00. The molecule has 0 aromatic carbocycles. The van der Waals surface area contributed by atoms with Crippen molar-refractivity contribution in [1.29, 1.82) is 0 Å². The molecular formula is C19H41N. The SMILES string of the molecule is CCCCCCCCCCC(C)(C)CC(C)NCCC. The molecule has 1 N–H and O–H groups in total. The summed E-state index contributed by atoms with van der Waals surface area (Å²) >= 11 is 0. The van der Waals surface area contributed by atoms with E-state index in [0.29, 0.717) is 11.5 Å². The van der Waals surface area contributed by atoms with Crippen molar-refractivity contribution in [3.05, 3.63) is 0 Å². The Morgan fingerprint density at radius 3 is 1.90 bits per heavy atom. The molecule has 0 spiro atoms. The Kier molecular flexibility index (Phi) is 12.7. The molecule has 1 heteroatoms. The highest BCUT2D eigenvalue weighted by Crippen LogP contribution is 2.29. The number of rotatable bonds is 14. The molecule has 0 radical (unpaired) electrons. The van der Waals surface area contributed by atoms with Crippen molar-refractivity contribution in [1.82, 2.24) is 5.32 Å². The first-order chi connectivity index (χ1) is 9.52. The largest absolute Gasteiger partial charge is 0.314 e. The van der Waals surface area contributed by atoms with Gasteiger partial charge in [0.25, 0.3) is 0 Å². The van der Waals surface area contributed by atoms with Crippen LogP contribution < -0.4 is 5.32 Å². The molecule has 0 bridgehead atoms. The molecule has 0 heterocycles. The van der Waals surface area contributed by atoms with Crippen molar-refractivity contribution in [3.63, 3.8) is 0 Å². The van der Waals surface area contributed by atoms with Gasteiger partial charge >= 0.3 is 0 Å². The first kappa shape index (κ1) is 20.0. The first-order valence-corrected chi connectivity index (χ1v) is 9.25. The summed E-state index contributed by atoms with van der Waals surface area (Å²) in [4.78, 5) is 0. The molecule has 0 rings (SSSR count). The zero-order chi connectivity index (χ0) is 15.3. The van der Waals surface area contributed by atoms with Crippen molar-refractivity contribution in [2.24, 2.45) is 5.41 Å². The highest BCUT2D eigenvalue weighted by Gasteiger charge is 2.20. The van der Waals surface area contributed by atoms with E-state index in [1.807, 2.05) is 0 Å². The van der Waals surface area contributed by atoms with E-state index < -0.39 is 0 Å². The fourth-order valence-corrected chi connectivity index (χ4v) is 3.13. The third-order valence-corrected chi connectivity index (χ3v) is 4.31. The molecule has 0 aromatic heterocycles. The quantitative estimate of drug-likeness (QED) is 0.368. The maximum absolute atomic E-state index is 3.62. The molecule has 1 unspecified atom stereocenters. The van der Waals surface area contributed by atoms with Gasteiger partial charge in [0.05, 0.1) is 0 Å². The summed E-state index contributed by atoms with van der Waals surface area (Å²) in [6, 6.07) is 0.666. The van der Waals surface area contributed by atoms with Crippen molar-refractivity contribution in [2.75, 3.05) is 6.54 Å². The average Bonchev–Trinajstić information content (AvgIpc) is 2.39. The number of hydrogen-bond donors (Lipinski definition) is 1. The zero-order valence-electron chi connectivity index (χ0n) is 15.1. The van der Waals surface area contributed by atoms with Crippen molar-refractivity contribution < 1.29 is 0 Å². The Hall–Kier alpha value is -0.0400. The summed E-state index contributed by atoms with van der Waals surface area (Å²) in [5.74, 6) is 0. The molecule has 0 saturated heterocycles. The van der Waals surface area contributed by atoms with Gasteiger partial charge in [0, 0.05) is 6.04 Å². The molecule has 1 atom stereocenters. The van der Waals surface area contributed by atoms with Gasteiger partial charge in [-0.3, -0.25) is 0 Å². The maximum atomic E-state index is 3.62. The van der Waals surface area contributed by atoms with E-state index in [0.717, 1.165) is 6.54 Å². The van der Waals surface area contributed by atoms with Gasteiger partial charge in [-0.15, -0.1) is 0 Å². The number of hydrogen-bond acceptors (Lipinski definition) is 1. The van der Waals surface area contributed by atoms with Gasteiger partial charge < -0.3 is 5.32 Å². The highest BCUT2D eigenvalue weighted by molar-refractivity contribution is 4.75. The van der Waals surface area contributed by atoms with Crippen LogP contribution in [-0.2, 0) is 0 Å². The smallest absolute Gasteiger partial charge is 0.00438 e. The van der Waals surface area contributed by atoms with Crippen LogP contribution in [-0.4, -0.2) is 12.6 Å². The highest BCUT2D eigenvalue weighted by atomic mass is 14.9. The lowest BCUT2D eigenvalue weighted by atomic mass is 9.81. The molecule has 0 aliphatic carbocycles. The normalized spacial score (nSPS) is 13.7. The van der Waals surface area contributed by atoms with Crippen LogP contribution in [0.5, 0.6) is 0 Å². The fourth-order valence-electron chi connectivity index (χ4n) is 3.13. The zero-order valence-corrected chi connectivity index (χ0v) is 15.1. The Morgan fingerprint density at radius 2 is 1.35 bits per heavy atom. The summed E-state index contributed by atoms with van der Waals surface area (Å²) in [6.07, 6.45) is 15.4. The van der Waals surface area contributed by atoms with E-state index in [1.165, 1.54) is 70.6 Å². The molecule has 0 fully saturated rings. The van der Waals surface area contributed by atoms with Gasteiger partial charge in [0.15, 0.2) is 0 Å². The van der Waals surface area contributed by atoms with Gasteiger partial charge in [0.1, 0.15) is 0 Å². The molecule has 20 heavy (non-hydrogen) atoms. The second-order valence-corrected chi connectivity index (χ2v) is 7.45. The summed E-state index contributed by atoms with van der Waals surface area (Å²) in [5.41, 5.74) is 0.502. The third kappa shape index (κ3) is 13.0. The van der Waals surface area contributed by atoms with Crippen LogP contribution in [0.4, 0.5) is 0 Å². The first-order valence-electron chi connectivity index (χ1n) is 9.25. The lowest BCUT2D eigenvalue weighted by molar-refractivity contribution is 0.259. The van der Waals surface area contributed by atoms with Gasteiger partial charge in [-0.05, 0) is 38.1 Å². The third-order valence-electron chi connectivity index (χ3n) is 4.31. The molecular weight excluding hydrogens is 242 g/mol. The Morgan fingerprint density at radius 1 is 0.800 bits per heavy atom. The van der Waals surface area contributed by atoms with E-state index in [9.17, 15) is 0 Å². The minimum absolute atomic E-state index is 0.502. The van der Waals surface area contributed by atoms with E-state index in [2.05, 4.69) is 39.9 Å². The van der Waals surface area contributed by atoms with Gasteiger partial charge in [-0.25, -0.2) is 0 Å². The summed E-state index contributed by atoms with van der Waals surface area (Å²) in [7, 11) is 0. The van der Waals surface area contributed by atoms with Crippen LogP contribution in [0.15, 0.2) is 0 Å². The van der Waals surface area contributed by atoms with Gasteiger partial charge in [-0.2, -0.15) is 0 Å². The average molecular weight is 284 g/mol. The second-order valence-electron chi connectivity index (χ2n) is 7.45. The standard InChI is InChI=1S/C19H41N/c1-6-8-9-10-11-12-13-14-15-19(4,5)17-18(3)20-16-7-2/h18,20H,6-17H2,1-5H3. The minimum atomic E-state index is 0.502. The molecule has 0 amide bonds. The maximum Gasteiger partial charge on any atom is 0.00438 e. The monoisotopic (exact) mass is 283 g/mol. The molecule has 122 valence electrons. The van der Waals surface area contributed by atoms with E-state index >= 15 is 0 Å². The molecule has 0 aliphatic rings. The number of unbranched alkanes of at least 4 members (excludes halogenated alkanes) is 7. The van der Waals surface area contributed by atoms with Crippen molar-refractivity contribution >= 4 is 0 Å². The number of nitrogens with one attached hydrogen (secondary N) is 1. The molecule has 1 nitrogen and oxygen atoms in total. The molecule has 0 saturated carbocycles. The predicted molar refractivity (Wildman–Crippen MR) is 93.4 cm³/mol. The van der Waals surface area contributed by atoms with Crippen LogP contribution in [0, 0.1) is 5.41 Å². The van der Waals surface area contributed by atoms with Crippen LogP contribution >= 0.6 is 0 Å². The van der Waals surface area contributed by atoms with E-state index in [4.69, 9.17) is 0 Å². The Labute approximate surface area is 129 Å². The van der Waals surface area contributed by atoms with E-state index in [1.54, 1.807) is 0 Å². The van der Waals surface area contributed by atoms with Crippen LogP contribution in [0.25, 0.3) is 0 Å². The summed E-state index contributed by atoms with van der Waals surface area (Å²) in [6.45, 7) is 12.9. The predicted octanol–water partition coefficient (Wildman–Crippen LogP) is 6.32. The van der Waals surface area contributed by atoms with Gasteiger partial charge in [0.2, 0.25) is 0 Å². The minimum Gasteiger partial charge on any atom is -0.314 e. The Bertz CT molecular complexity index is 198. The van der Waals surface area contributed by atoms with Gasteiger partial charge in [-0.1, -0.05) is 79.1 Å². The molecule has 0 aromatic rings. The summed E-state index contributed by atoms with van der Waals surface area (Å²) < 4.78 is 0. The lowest BCUT2D eigenvalue weighted by Gasteiger charge is -2.28. The summed E-state index contributed by atoms with van der Waals surface area (Å²) in [5, 5.41) is 3.62. The van der Waals surface area contributed by atoms with Crippen LogP contribution in [0.2, 0.25) is 0 Å². The topological polar surface area (TPSA) is 12.0 Å². The lowest BCUT2D eigenvalue weighted by Crippen LogP contribution is -2.31. The second kappa shape index (κ2) is 12.7. The van der Waals surface area contributed by atoms with Crippen LogP contribution in [0.3, 0.4) is 0 Å². The van der Waals surface area contributed by atoms with Crippen molar-refractivity contribution in [3.8, 4) is 0 Å².